The molecule has 28 heavy (non-hydrogen) atoms. The summed E-state index contributed by atoms with van der Waals surface area (Å²) in [6.07, 6.45) is 0.00731. The van der Waals surface area contributed by atoms with Crippen LogP contribution in [0, 0.1) is 10.1 Å². The van der Waals surface area contributed by atoms with Gasteiger partial charge in [-0.15, -0.1) is 0 Å². The molecule has 2 N–H and O–H groups in total. The van der Waals surface area contributed by atoms with Crippen LogP contribution in [0.3, 0.4) is 0 Å². The Kier molecular flexibility index (Phi) is 6.02. The summed E-state index contributed by atoms with van der Waals surface area (Å²) in [7, 11) is -3.81. The third-order valence-corrected chi connectivity index (χ3v) is 4.68. The Morgan fingerprint density at radius 3 is 2.43 bits per heavy atom. The molecule has 1 heterocycles. The van der Waals surface area contributed by atoms with Gasteiger partial charge in [0.2, 0.25) is 5.91 Å². The van der Waals surface area contributed by atoms with Crippen LogP contribution in [0.25, 0.3) is 0 Å². The summed E-state index contributed by atoms with van der Waals surface area (Å²) in [4.78, 5) is 22.3. The molecule has 11 heteroatoms. The van der Waals surface area contributed by atoms with Crippen molar-refractivity contribution >= 4 is 27.4 Å². The van der Waals surface area contributed by atoms with Crippen LogP contribution in [0.15, 0.2) is 12.1 Å². The lowest BCUT2D eigenvalue weighted by Gasteiger charge is -2.44. The highest BCUT2D eigenvalue weighted by atomic mass is 32.2. The number of nitro groups is 1. The van der Waals surface area contributed by atoms with Crippen LogP contribution in [0.4, 0.5) is 11.4 Å². The molecule has 0 fully saturated rings. The van der Waals surface area contributed by atoms with E-state index in [2.05, 4.69) is 10.6 Å². The summed E-state index contributed by atoms with van der Waals surface area (Å²) >= 11 is 0. The monoisotopic (exact) mass is 415 g/mol. The van der Waals surface area contributed by atoms with Crippen molar-refractivity contribution in [2.75, 3.05) is 11.6 Å². The van der Waals surface area contributed by atoms with Crippen molar-refractivity contribution in [3.8, 4) is 5.75 Å². The minimum atomic E-state index is -3.81. The van der Waals surface area contributed by atoms with Crippen molar-refractivity contribution in [2.24, 2.45) is 0 Å². The fourth-order valence-electron chi connectivity index (χ4n) is 3.16. The van der Waals surface area contributed by atoms with Gasteiger partial charge in [-0.1, -0.05) is 13.8 Å². The van der Waals surface area contributed by atoms with E-state index < -0.39 is 38.7 Å². The van der Waals surface area contributed by atoms with Crippen LogP contribution in [-0.4, -0.2) is 43.3 Å². The maximum absolute atomic E-state index is 11.8. The van der Waals surface area contributed by atoms with E-state index in [1.54, 1.807) is 13.8 Å². The quantitative estimate of drug-likeness (QED) is 0.409. The van der Waals surface area contributed by atoms with Gasteiger partial charge in [-0.25, -0.2) is 0 Å². The molecule has 0 spiro atoms. The van der Waals surface area contributed by atoms with Crippen molar-refractivity contribution in [3.63, 3.8) is 0 Å². The van der Waals surface area contributed by atoms with Gasteiger partial charge in [-0.2, -0.15) is 8.42 Å². The number of ether oxygens (including phenoxy) is 1. The summed E-state index contributed by atoms with van der Waals surface area (Å²) in [6.45, 7) is 8.28. The van der Waals surface area contributed by atoms with Gasteiger partial charge in [-0.3, -0.25) is 19.1 Å². The Morgan fingerprint density at radius 2 is 1.96 bits per heavy atom. The van der Waals surface area contributed by atoms with Crippen LogP contribution in [0.1, 0.15) is 46.2 Å². The standard InChI is InChI=1S/C17H25N3O7S/c1-9(2)18-15-11-7-12(19-10(3)21)13(20(22)23)8-14(11)26-17(4,5)16(15)27-28(6,24)25/h7-9,15-16,18H,1-6H3,(H,19,21)/t15-,16+/m0/s1. The molecular weight excluding hydrogens is 390 g/mol. The van der Waals surface area contributed by atoms with E-state index in [9.17, 15) is 23.3 Å². The van der Waals surface area contributed by atoms with Gasteiger partial charge >= 0.3 is 0 Å². The number of hydrogen-bond donors (Lipinski definition) is 2. The molecule has 0 saturated heterocycles. The van der Waals surface area contributed by atoms with Crippen molar-refractivity contribution in [3.05, 3.63) is 27.8 Å². The van der Waals surface area contributed by atoms with Gasteiger partial charge in [-0.05, 0) is 19.9 Å². The van der Waals surface area contributed by atoms with E-state index in [-0.39, 0.29) is 23.2 Å². The predicted octanol–water partition coefficient (Wildman–Crippen LogP) is 2.11. The lowest BCUT2D eigenvalue weighted by Crippen LogP contribution is -2.55. The first-order valence-electron chi connectivity index (χ1n) is 8.64. The molecule has 10 nitrogen and oxygen atoms in total. The zero-order chi connectivity index (χ0) is 21.4. The van der Waals surface area contributed by atoms with Crippen molar-refractivity contribution < 1.29 is 27.1 Å². The molecule has 1 aliphatic rings. The highest BCUT2D eigenvalue weighted by Gasteiger charge is 2.47. The number of amides is 1. The van der Waals surface area contributed by atoms with Gasteiger partial charge < -0.3 is 15.4 Å². The lowest BCUT2D eigenvalue weighted by atomic mass is 9.85. The molecule has 1 aromatic rings. The Morgan fingerprint density at radius 1 is 1.36 bits per heavy atom. The van der Waals surface area contributed by atoms with Crippen LogP contribution >= 0.6 is 0 Å². The number of carbonyl (C=O) groups is 1. The minimum absolute atomic E-state index is 0.00628. The molecule has 1 amide bonds. The molecule has 0 unspecified atom stereocenters. The second kappa shape index (κ2) is 7.64. The van der Waals surface area contributed by atoms with Crippen LogP contribution in [-0.2, 0) is 19.1 Å². The van der Waals surface area contributed by atoms with Crippen molar-refractivity contribution in [1.82, 2.24) is 5.32 Å². The Labute approximate surface area is 163 Å². The number of carbonyl (C=O) groups excluding carboxylic acids is 1. The van der Waals surface area contributed by atoms with Crippen LogP contribution in [0.5, 0.6) is 5.75 Å². The highest BCUT2D eigenvalue weighted by Crippen LogP contribution is 2.45. The molecule has 156 valence electrons. The number of nitro benzene ring substituents is 1. The second-order valence-corrected chi connectivity index (χ2v) is 9.17. The van der Waals surface area contributed by atoms with Crippen molar-refractivity contribution in [1.29, 1.82) is 0 Å². The molecule has 1 aromatic carbocycles. The first-order chi connectivity index (χ1) is 12.7. The molecule has 2 atom stereocenters. The number of fused-ring (bicyclic) bond motifs is 1. The highest BCUT2D eigenvalue weighted by molar-refractivity contribution is 7.86. The molecule has 0 saturated carbocycles. The van der Waals surface area contributed by atoms with E-state index in [0.29, 0.717) is 5.56 Å². The van der Waals surface area contributed by atoms with Crippen LogP contribution < -0.4 is 15.4 Å². The topological polar surface area (TPSA) is 137 Å². The third-order valence-electron chi connectivity index (χ3n) is 4.12. The first kappa shape index (κ1) is 22.1. The minimum Gasteiger partial charge on any atom is -0.484 e. The van der Waals surface area contributed by atoms with Gasteiger partial charge in [0.05, 0.1) is 23.3 Å². The smallest absolute Gasteiger partial charge is 0.296 e. The predicted molar refractivity (Wildman–Crippen MR) is 103 cm³/mol. The van der Waals surface area contributed by atoms with E-state index in [4.69, 9.17) is 8.92 Å². The average Bonchev–Trinajstić information content (AvgIpc) is 2.48. The number of benzene rings is 1. The second-order valence-electron chi connectivity index (χ2n) is 7.57. The Bertz CT molecular complexity index is 896. The average molecular weight is 415 g/mol. The van der Waals surface area contributed by atoms with Crippen molar-refractivity contribution in [2.45, 2.75) is 58.4 Å². The number of rotatable bonds is 6. The van der Waals surface area contributed by atoms with Gasteiger partial charge in [0.1, 0.15) is 23.1 Å². The summed E-state index contributed by atoms with van der Waals surface area (Å²) in [6, 6.07) is 1.94. The first-order valence-corrected chi connectivity index (χ1v) is 10.5. The van der Waals surface area contributed by atoms with Gasteiger partial charge in [0.15, 0.2) is 0 Å². The van der Waals surface area contributed by atoms with E-state index in [0.717, 1.165) is 6.26 Å². The van der Waals surface area contributed by atoms with Crippen LogP contribution in [0.2, 0.25) is 0 Å². The number of anilines is 1. The summed E-state index contributed by atoms with van der Waals surface area (Å²) in [5.41, 5.74) is -0.980. The van der Waals surface area contributed by atoms with E-state index in [1.165, 1.54) is 19.1 Å². The number of hydrogen-bond acceptors (Lipinski definition) is 8. The molecule has 0 radical (unpaired) electrons. The lowest BCUT2D eigenvalue weighted by molar-refractivity contribution is -0.384. The number of nitrogens with one attached hydrogen (secondary N) is 2. The summed E-state index contributed by atoms with van der Waals surface area (Å²) < 4.78 is 34.9. The maximum atomic E-state index is 11.8. The molecule has 2 rings (SSSR count). The van der Waals surface area contributed by atoms with E-state index >= 15 is 0 Å². The third kappa shape index (κ3) is 4.97. The molecular formula is C17H25N3O7S. The zero-order valence-electron chi connectivity index (χ0n) is 16.6. The fraction of sp³-hybridized carbons (Fsp3) is 0.588. The largest absolute Gasteiger partial charge is 0.484 e. The Balaban J connectivity index is 2.70. The fourth-order valence-corrected chi connectivity index (χ4v) is 3.88. The molecule has 0 bridgehead atoms. The van der Waals surface area contributed by atoms with Gasteiger partial charge in [0, 0.05) is 18.5 Å². The maximum Gasteiger partial charge on any atom is 0.296 e. The zero-order valence-corrected chi connectivity index (χ0v) is 17.4. The molecule has 0 aromatic heterocycles. The normalized spacial score (nSPS) is 21.0. The Hall–Kier alpha value is -2.24. The van der Waals surface area contributed by atoms with Gasteiger partial charge in [0.25, 0.3) is 15.8 Å². The molecule has 0 aliphatic carbocycles. The summed E-state index contributed by atoms with van der Waals surface area (Å²) in [5.74, 6) is -0.255. The summed E-state index contributed by atoms with van der Waals surface area (Å²) in [5, 5.41) is 17.1. The molecule has 1 aliphatic heterocycles. The number of nitrogens with zero attached hydrogens (tertiary/aromatic N) is 1. The SMILES string of the molecule is CC(=O)Nc1cc2c(cc1[N+](=O)[O-])OC(C)(C)[C@H](OS(C)(=O)=O)[C@H]2NC(C)C. The van der Waals surface area contributed by atoms with E-state index in [1.807, 2.05) is 13.8 Å².